The van der Waals surface area contributed by atoms with Crippen LogP contribution >= 0.6 is 0 Å². The van der Waals surface area contributed by atoms with Crippen molar-refractivity contribution < 1.29 is 4.74 Å². The first kappa shape index (κ1) is 14.6. The Hall–Kier alpha value is -1.81. The average molecular weight is 273 g/mol. The van der Waals surface area contributed by atoms with E-state index < -0.39 is 0 Å². The fourth-order valence-electron chi connectivity index (χ4n) is 2.30. The zero-order valence-electron chi connectivity index (χ0n) is 12.7. The summed E-state index contributed by atoms with van der Waals surface area (Å²) in [5, 5.41) is 4.43. The number of aryl methyl sites for hydroxylation is 3. The standard InChI is InChI=1S/C16H23N3O/c1-5-19-14(9-12(3)18-19)10-20-16-7-6-11(2)8-15(16)13(4)17/h6-9,13H,5,10,17H2,1-4H3. The molecule has 4 nitrogen and oxygen atoms in total. The maximum atomic E-state index is 6.02. The normalized spacial score (nSPS) is 12.4. The van der Waals surface area contributed by atoms with Crippen LogP contribution in [0, 0.1) is 13.8 Å². The third-order valence-electron chi connectivity index (χ3n) is 3.32. The Morgan fingerprint density at radius 1 is 1.30 bits per heavy atom. The van der Waals surface area contributed by atoms with Crippen molar-refractivity contribution in [1.29, 1.82) is 0 Å². The van der Waals surface area contributed by atoms with Crippen LogP contribution in [0.3, 0.4) is 0 Å². The number of benzene rings is 1. The summed E-state index contributed by atoms with van der Waals surface area (Å²) in [4.78, 5) is 0. The highest BCUT2D eigenvalue weighted by Crippen LogP contribution is 2.25. The van der Waals surface area contributed by atoms with E-state index in [0.29, 0.717) is 6.61 Å². The second-order valence-electron chi connectivity index (χ2n) is 5.21. The third-order valence-corrected chi connectivity index (χ3v) is 3.32. The van der Waals surface area contributed by atoms with Gasteiger partial charge in [-0.1, -0.05) is 17.7 Å². The molecule has 0 radical (unpaired) electrons. The largest absolute Gasteiger partial charge is 0.487 e. The summed E-state index contributed by atoms with van der Waals surface area (Å²) in [5.74, 6) is 0.854. The van der Waals surface area contributed by atoms with Gasteiger partial charge in [0.25, 0.3) is 0 Å². The minimum Gasteiger partial charge on any atom is -0.487 e. The summed E-state index contributed by atoms with van der Waals surface area (Å²) >= 11 is 0. The van der Waals surface area contributed by atoms with Gasteiger partial charge in [0.2, 0.25) is 0 Å². The molecule has 4 heteroatoms. The first-order chi connectivity index (χ1) is 9.51. The fraction of sp³-hybridized carbons (Fsp3) is 0.438. The molecule has 1 unspecified atom stereocenters. The maximum Gasteiger partial charge on any atom is 0.130 e. The van der Waals surface area contributed by atoms with Gasteiger partial charge < -0.3 is 10.5 Å². The van der Waals surface area contributed by atoms with Gasteiger partial charge in [-0.25, -0.2) is 0 Å². The molecule has 2 rings (SSSR count). The smallest absolute Gasteiger partial charge is 0.130 e. The maximum absolute atomic E-state index is 6.02. The zero-order chi connectivity index (χ0) is 14.7. The van der Waals surface area contributed by atoms with Crippen LogP contribution < -0.4 is 10.5 Å². The van der Waals surface area contributed by atoms with Crippen molar-refractivity contribution in [2.24, 2.45) is 5.73 Å². The molecule has 0 aliphatic heterocycles. The van der Waals surface area contributed by atoms with Crippen LogP contribution in [-0.2, 0) is 13.2 Å². The second-order valence-corrected chi connectivity index (χ2v) is 5.21. The van der Waals surface area contributed by atoms with Crippen molar-refractivity contribution in [3.05, 3.63) is 46.8 Å². The summed E-state index contributed by atoms with van der Waals surface area (Å²) in [7, 11) is 0. The molecule has 20 heavy (non-hydrogen) atoms. The highest BCUT2D eigenvalue weighted by Gasteiger charge is 2.10. The van der Waals surface area contributed by atoms with Crippen LogP contribution in [0.25, 0.3) is 0 Å². The molecule has 2 aromatic rings. The second kappa shape index (κ2) is 6.09. The number of nitrogens with zero attached hydrogens (tertiary/aromatic N) is 2. The molecule has 0 saturated carbocycles. The van der Waals surface area contributed by atoms with Crippen molar-refractivity contribution in [3.63, 3.8) is 0 Å². The van der Waals surface area contributed by atoms with E-state index in [0.717, 1.165) is 29.2 Å². The van der Waals surface area contributed by atoms with Crippen molar-refractivity contribution in [3.8, 4) is 5.75 Å². The average Bonchev–Trinajstić information content (AvgIpc) is 2.77. The van der Waals surface area contributed by atoms with Crippen molar-refractivity contribution in [2.45, 2.75) is 46.9 Å². The summed E-state index contributed by atoms with van der Waals surface area (Å²) in [6.45, 7) is 9.47. The van der Waals surface area contributed by atoms with Gasteiger partial charge in [0.1, 0.15) is 12.4 Å². The van der Waals surface area contributed by atoms with E-state index in [1.807, 2.05) is 30.7 Å². The van der Waals surface area contributed by atoms with E-state index >= 15 is 0 Å². The molecule has 0 aliphatic rings. The Morgan fingerprint density at radius 2 is 2.05 bits per heavy atom. The quantitative estimate of drug-likeness (QED) is 0.910. The molecule has 0 aliphatic carbocycles. The lowest BCUT2D eigenvalue weighted by Gasteiger charge is -2.15. The predicted molar refractivity (Wildman–Crippen MR) is 80.8 cm³/mol. The van der Waals surface area contributed by atoms with E-state index in [1.165, 1.54) is 5.56 Å². The Morgan fingerprint density at radius 3 is 2.70 bits per heavy atom. The molecular formula is C16H23N3O. The Labute approximate surface area is 120 Å². The summed E-state index contributed by atoms with van der Waals surface area (Å²) < 4.78 is 7.92. The molecule has 1 aromatic carbocycles. The first-order valence-corrected chi connectivity index (χ1v) is 7.03. The Bertz CT molecular complexity index is 587. The molecule has 1 atom stereocenters. The van der Waals surface area contributed by atoms with Crippen LogP contribution in [0.2, 0.25) is 0 Å². The van der Waals surface area contributed by atoms with Crippen LogP contribution in [0.1, 0.15) is 42.4 Å². The highest BCUT2D eigenvalue weighted by atomic mass is 16.5. The van der Waals surface area contributed by atoms with Crippen molar-refractivity contribution in [1.82, 2.24) is 9.78 Å². The highest BCUT2D eigenvalue weighted by molar-refractivity contribution is 5.38. The minimum atomic E-state index is -0.0391. The van der Waals surface area contributed by atoms with Gasteiger partial charge in [-0.15, -0.1) is 0 Å². The lowest BCUT2D eigenvalue weighted by atomic mass is 10.1. The SMILES string of the molecule is CCn1nc(C)cc1COc1ccc(C)cc1C(C)N. The molecule has 1 aromatic heterocycles. The Kier molecular flexibility index (Phi) is 4.45. The predicted octanol–water partition coefficient (Wildman–Crippen LogP) is 3.12. The molecule has 2 N–H and O–H groups in total. The van der Waals surface area contributed by atoms with Gasteiger partial charge in [0.15, 0.2) is 0 Å². The number of rotatable bonds is 5. The molecular weight excluding hydrogens is 250 g/mol. The fourth-order valence-corrected chi connectivity index (χ4v) is 2.30. The lowest BCUT2D eigenvalue weighted by molar-refractivity contribution is 0.288. The number of nitrogens with two attached hydrogens (primary N) is 1. The monoisotopic (exact) mass is 273 g/mol. The zero-order valence-corrected chi connectivity index (χ0v) is 12.7. The van der Waals surface area contributed by atoms with Crippen molar-refractivity contribution >= 4 is 0 Å². The van der Waals surface area contributed by atoms with Gasteiger partial charge in [-0.3, -0.25) is 4.68 Å². The molecule has 0 bridgehead atoms. The van der Waals surface area contributed by atoms with Crippen LogP contribution in [0.15, 0.2) is 24.3 Å². The molecule has 1 heterocycles. The minimum absolute atomic E-state index is 0.0391. The van der Waals surface area contributed by atoms with Crippen molar-refractivity contribution in [2.75, 3.05) is 0 Å². The van der Waals surface area contributed by atoms with E-state index in [4.69, 9.17) is 10.5 Å². The lowest BCUT2D eigenvalue weighted by Crippen LogP contribution is -2.10. The van der Waals surface area contributed by atoms with Crippen LogP contribution in [0.4, 0.5) is 0 Å². The molecule has 108 valence electrons. The van der Waals surface area contributed by atoms with Gasteiger partial charge in [0.05, 0.1) is 11.4 Å². The van der Waals surface area contributed by atoms with Gasteiger partial charge >= 0.3 is 0 Å². The summed E-state index contributed by atoms with van der Waals surface area (Å²) in [6.07, 6.45) is 0. The van der Waals surface area contributed by atoms with Gasteiger partial charge in [0, 0.05) is 18.2 Å². The van der Waals surface area contributed by atoms with E-state index in [1.54, 1.807) is 0 Å². The van der Waals surface area contributed by atoms with E-state index in [-0.39, 0.29) is 6.04 Å². The Balaban J connectivity index is 2.18. The number of hydrogen-bond donors (Lipinski definition) is 1. The number of aromatic nitrogens is 2. The molecule has 0 saturated heterocycles. The number of ether oxygens (including phenoxy) is 1. The molecule has 0 amide bonds. The summed E-state index contributed by atoms with van der Waals surface area (Å²) in [5.41, 5.74) is 10.4. The third kappa shape index (κ3) is 3.20. The van der Waals surface area contributed by atoms with Gasteiger partial charge in [-0.05, 0) is 39.8 Å². The summed E-state index contributed by atoms with van der Waals surface area (Å²) in [6, 6.07) is 8.14. The topological polar surface area (TPSA) is 53.1 Å². The van der Waals surface area contributed by atoms with Crippen LogP contribution in [0.5, 0.6) is 5.75 Å². The first-order valence-electron chi connectivity index (χ1n) is 7.03. The van der Waals surface area contributed by atoms with Crippen LogP contribution in [-0.4, -0.2) is 9.78 Å². The van der Waals surface area contributed by atoms with E-state index in [2.05, 4.69) is 31.1 Å². The number of hydrogen-bond acceptors (Lipinski definition) is 3. The molecule has 0 fully saturated rings. The van der Waals surface area contributed by atoms with E-state index in [9.17, 15) is 0 Å². The molecule has 0 spiro atoms. The van der Waals surface area contributed by atoms with Gasteiger partial charge in [-0.2, -0.15) is 5.10 Å².